The van der Waals surface area contributed by atoms with E-state index in [2.05, 4.69) is 26.3 Å². The maximum atomic E-state index is 12.8. The molecule has 1 aliphatic rings. The number of rotatable bonds is 11. The minimum Gasteiger partial charge on any atom is -0.480 e. The van der Waals surface area contributed by atoms with Gasteiger partial charge in [0.05, 0.1) is 11.3 Å². The number of benzene rings is 2. The molecule has 186 valence electrons. The van der Waals surface area contributed by atoms with Crippen LogP contribution < -0.4 is 21.3 Å². The maximum Gasteiger partial charge on any atom is 0.326 e. The smallest absolute Gasteiger partial charge is 0.326 e. The number of hydrogen-bond acceptors (Lipinski definition) is 6. The molecule has 1 atom stereocenters. The highest BCUT2D eigenvalue weighted by Crippen LogP contribution is 2.26. The number of pyridine rings is 1. The Morgan fingerprint density at radius 1 is 1.03 bits per heavy atom. The number of nitrogens with one attached hydrogen (secondary N) is 4. The first kappa shape index (κ1) is 24.7. The average molecular weight is 488 g/mol. The van der Waals surface area contributed by atoms with Crippen molar-refractivity contribution in [3.63, 3.8) is 0 Å². The molecule has 0 unspecified atom stereocenters. The van der Waals surface area contributed by atoms with E-state index < -0.39 is 17.9 Å². The molecule has 0 fully saturated rings. The molecule has 5 N–H and O–H groups in total. The number of aromatic nitrogens is 1. The normalized spacial score (nSPS) is 12.7. The largest absolute Gasteiger partial charge is 0.480 e. The summed E-state index contributed by atoms with van der Waals surface area (Å²) < 4.78 is 0. The van der Waals surface area contributed by atoms with Gasteiger partial charge in [0.1, 0.15) is 11.9 Å². The fraction of sp³-hybridized carbons (Fsp3) is 0.259. The van der Waals surface area contributed by atoms with Gasteiger partial charge in [0.15, 0.2) is 0 Å². The topological polar surface area (TPSA) is 132 Å². The van der Waals surface area contributed by atoms with Crippen molar-refractivity contribution in [1.82, 2.24) is 10.3 Å². The monoisotopic (exact) mass is 487 g/mol. The highest BCUT2D eigenvalue weighted by molar-refractivity contribution is 6.02. The molecule has 2 heterocycles. The zero-order valence-corrected chi connectivity index (χ0v) is 19.8. The molecule has 0 bridgehead atoms. The van der Waals surface area contributed by atoms with Crippen LogP contribution in [0.2, 0.25) is 0 Å². The Balaban J connectivity index is 1.26. The van der Waals surface area contributed by atoms with Crippen molar-refractivity contribution in [2.75, 3.05) is 29.0 Å². The third kappa shape index (κ3) is 6.59. The zero-order chi connectivity index (χ0) is 25.3. The maximum absolute atomic E-state index is 12.8. The van der Waals surface area contributed by atoms with Gasteiger partial charge < -0.3 is 26.4 Å². The molecule has 0 saturated carbocycles. The lowest BCUT2D eigenvalue weighted by Gasteiger charge is -2.16. The molecule has 9 nitrogen and oxygen atoms in total. The summed E-state index contributed by atoms with van der Waals surface area (Å²) in [5.74, 6) is -0.866. The number of para-hydroxylation sites is 1. The third-order valence-electron chi connectivity index (χ3n) is 5.92. The molecule has 2 aromatic carbocycles. The van der Waals surface area contributed by atoms with E-state index in [1.54, 1.807) is 42.6 Å². The van der Waals surface area contributed by atoms with Crippen LogP contribution in [-0.4, -0.2) is 47.0 Å². The Kier molecular flexibility index (Phi) is 8.12. The van der Waals surface area contributed by atoms with Gasteiger partial charge in [-0.2, -0.15) is 0 Å². The second-order valence-electron chi connectivity index (χ2n) is 8.58. The third-order valence-corrected chi connectivity index (χ3v) is 5.92. The van der Waals surface area contributed by atoms with E-state index in [1.165, 1.54) is 0 Å². The molecule has 4 rings (SSSR count). The molecule has 1 aromatic heterocycles. The summed E-state index contributed by atoms with van der Waals surface area (Å²) in [6.07, 6.45) is 3.67. The van der Waals surface area contributed by atoms with Crippen molar-refractivity contribution in [2.45, 2.75) is 31.7 Å². The number of carbonyl (C=O) groups excluding carboxylic acids is 2. The quantitative estimate of drug-likeness (QED) is 0.262. The van der Waals surface area contributed by atoms with Gasteiger partial charge in [0.2, 0.25) is 5.91 Å². The van der Waals surface area contributed by atoms with Crippen LogP contribution in [0.1, 0.15) is 34.3 Å². The second-order valence-corrected chi connectivity index (χ2v) is 8.58. The number of fused-ring (bicyclic) bond motifs is 1. The van der Waals surface area contributed by atoms with Gasteiger partial charge in [-0.15, -0.1) is 0 Å². The lowest BCUT2D eigenvalue weighted by Crippen LogP contribution is -2.42. The SMILES string of the molecule is O=C(CCCNc1ccccn1)Nc1ccc(C[C@H](NC(=O)c2cccc3c2NCC3)C(=O)O)cc1. The Morgan fingerprint density at radius 3 is 2.61 bits per heavy atom. The van der Waals surface area contributed by atoms with Gasteiger partial charge in [-0.25, -0.2) is 9.78 Å². The van der Waals surface area contributed by atoms with Gasteiger partial charge in [-0.3, -0.25) is 9.59 Å². The molecule has 1 aliphatic heterocycles. The number of nitrogens with zero attached hydrogens (tertiary/aromatic N) is 1. The van der Waals surface area contributed by atoms with Crippen LogP contribution in [-0.2, 0) is 22.4 Å². The van der Waals surface area contributed by atoms with E-state index in [0.717, 1.165) is 35.6 Å². The highest BCUT2D eigenvalue weighted by atomic mass is 16.4. The molecule has 36 heavy (non-hydrogen) atoms. The zero-order valence-electron chi connectivity index (χ0n) is 19.8. The van der Waals surface area contributed by atoms with Crippen molar-refractivity contribution < 1.29 is 19.5 Å². The van der Waals surface area contributed by atoms with Crippen molar-refractivity contribution >= 4 is 35.0 Å². The fourth-order valence-electron chi connectivity index (χ4n) is 4.08. The van der Waals surface area contributed by atoms with Crippen LogP contribution in [0.5, 0.6) is 0 Å². The van der Waals surface area contributed by atoms with Crippen molar-refractivity contribution in [2.24, 2.45) is 0 Å². The van der Waals surface area contributed by atoms with Gasteiger partial charge in [-0.1, -0.05) is 30.3 Å². The summed E-state index contributed by atoms with van der Waals surface area (Å²) >= 11 is 0. The molecule has 0 aliphatic carbocycles. The van der Waals surface area contributed by atoms with Gasteiger partial charge >= 0.3 is 5.97 Å². The summed E-state index contributed by atoms with van der Waals surface area (Å²) in [4.78, 5) is 41.0. The molecular formula is C27H29N5O4. The summed E-state index contributed by atoms with van der Waals surface area (Å²) in [6.45, 7) is 1.39. The Bertz CT molecular complexity index is 1210. The van der Waals surface area contributed by atoms with Crippen molar-refractivity contribution in [3.05, 3.63) is 83.6 Å². The molecule has 0 saturated heterocycles. The lowest BCUT2D eigenvalue weighted by molar-refractivity contribution is -0.139. The van der Waals surface area contributed by atoms with Gasteiger partial charge in [0, 0.05) is 37.8 Å². The summed E-state index contributed by atoms with van der Waals surface area (Å²) in [5.41, 5.74) is 3.63. The van der Waals surface area contributed by atoms with Crippen molar-refractivity contribution in [1.29, 1.82) is 0 Å². The number of carbonyl (C=O) groups is 3. The second kappa shape index (κ2) is 11.8. The predicted molar refractivity (Wildman–Crippen MR) is 138 cm³/mol. The van der Waals surface area contributed by atoms with Crippen LogP contribution in [0.4, 0.5) is 17.2 Å². The van der Waals surface area contributed by atoms with Crippen LogP contribution in [0.3, 0.4) is 0 Å². The van der Waals surface area contributed by atoms with E-state index in [1.807, 2.05) is 24.3 Å². The molecule has 9 heteroatoms. The lowest BCUT2D eigenvalue weighted by atomic mass is 10.0. The highest BCUT2D eigenvalue weighted by Gasteiger charge is 2.24. The molecule has 0 radical (unpaired) electrons. The average Bonchev–Trinajstić information content (AvgIpc) is 3.37. The Morgan fingerprint density at radius 2 is 1.86 bits per heavy atom. The molecule has 3 aromatic rings. The number of amides is 2. The van der Waals surface area contributed by atoms with E-state index in [9.17, 15) is 19.5 Å². The minimum atomic E-state index is -1.11. The Labute approximate surface area is 209 Å². The Hall–Kier alpha value is -4.40. The number of carboxylic acids is 1. The molecule has 2 amide bonds. The minimum absolute atomic E-state index is 0.106. The number of hydrogen-bond donors (Lipinski definition) is 5. The number of carboxylic acid groups (broad SMARTS) is 1. The fourth-order valence-corrected chi connectivity index (χ4v) is 4.08. The summed E-state index contributed by atoms with van der Waals surface area (Å²) in [7, 11) is 0. The van der Waals surface area contributed by atoms with E-state index in [4.69, 9.17) is 0 Å². The number of aliphatic carboxylic acids is 1. The molecule has 0 spiro atoms. The standard InChI is InChI=1S/C27H29N5O4/c33-24(8-4-15-29-23-7-1-2-14-28-23)31-20-11-9-18(10-12-20)17-22(27(35)36)32-26(34)21-6-3-5-19-13-16-30-25(19)21/h1-3,5-7,9-12,14,22,30H,4,8,13,15-17H2,(H,28,29)(H,31,33)(H,32,34)(H,35,36)/t22-/m0/s1. The van der Waals surface area contributed by atoms with Crippen molar-refractivity contribution in [3.8, 4) is 0 Å². The first-order valence-corrected chi connectivity index (χ1v) is 11.9. The van der Waals surface area contributed by atoms with Crippen LogP contribution in [0.25, 0.3) is 0 Å². The van der Waals surface area contributed by atoms with E-state index in [-0.39, 0.29) is 12.3 Å². The van der Waals surface area contributed by atoms with Gasteiger partial charge in [0.25, 0.3) is 5.91 Å². The van der Waals surface area contributed by atoms with Gasteiger partial charge in [-0.05, 0) is 54.3 Å². The van der Waals surface area contributed by atoms with Crippen LogP contribution in [0, 0.1) is 0 Å². The van der Waals surface area contributed by atoms with E-state index in [0.29, 0.717) is 30.6 Å². The first-order valence-electron chi connectivity index (χ1n) is 11.9. The van der Waals surface area contributed by atoms with Crippen LogP contribution >= 0.6 is 0 Å². The van der Waals surface area contributed by atoms with E-state index >= 15 is 0 Å². The summed E-state index contributed by atoms with van der Waals surface area (Å²) in [6, 6.07) is 16.9. The van der Waals surface area contributed by atoms with Crippen LogP contribution in [0.15, 0.2) is 66.9 Å². The predicted octanol–water partition coefficient (Wildman–Crippen LogP) is 3.31. The first-order chi connectivity index (χ1) is 17.5. The molecular weight excluding hydrogens is 458 g/mol. The summed E-state index contributed by atoms with van der Waals surface area (Å²) in [5, 5.41) is 21.5. The number of anilines is 3.